The number of nitrogens with zero attached hydrogens (tertiary/aromatic N) is 3. The van der Waals surface area contributed by atoms with Gasteiger partial charge in [0.25, 0.3) is 0 Å². The van der Waals surface area contributed by atoms with Crippen LogP contribution in [0.3, 0.4) is 0 Å². The van der Waals surface area contributed by atoms with Crippen molar-refractivity contribution in [1.29, 1.82) is 0 Å². The summed E-state index contributed by atoms with van der Waals surface area (Å²) in [6.07, 6.45) is -3.27. The van der Waals surface area contributed by atoms with Crippen molar-refractivity contribution in [3.05, 3.63) is 36.0 Å². The van der Waals surface area contributed by atoms with E-state index in [2.05, 4.69) is 9.97 Å². The Morgan fingerprint density at radius 2 is 1.92 bits per heavy atom. The number of methoxy groups -OCH3 is 1. The van der Waals surface area contributed by atoms with Crippen molar-refractivity contribution < 1.29 is 22.6 Å². The van der Waals surface area contributed by atoms with Gasteiger partial charge in [0.1, 0.15) is 11.3 Å². The molecule has 0 N–H and O–H groups in total. The molecule has 1 aromatic heterocycles. The van der Waals surface area contributed by atoms with Crippen LogP contribution in [0.25, 0.3) is 0 Å². The minimum absolute atomic E-state index is 0.0820. The summed E-state index contributed by atoms with van der Waals surface area (Å²) in [6, 6.07) is 7.07. The van der Waals surface area contributed by atoms with Gasteiger partial charge in [0.2, 0.25) is 11.8 Å². The van der Waals surface area contributed by atoms with E-state index in [1.807, 2.05) is 0 Å². The lowest BCUT2D eigenvalue weighted by Crippen LogP contribution is -2.17. The Labute approximate surface area is 138 Å². The summed E-state index contributed by atoms with van der Waals surface area (Å²) in [6.45, 7) is 1.94. The molecule has 0 radical (unpaired) electrons. The molecule has 0 amide bonds. The molecular weight excluding hydrogens is 323 g/mol. The van der Waals surface area contributed by atoms with Crippen LogP contribution >= 0.6 is 0 Å². The molecule has 2 rings (SSSR count). The van der Waals surface area contributed by atoms with Gasteiger partial charge >= 0.3 is 6.18 Å². The topological polar surface area (TPSA) is 47.5 Å². The van der Waals surface area contributed by atoms with Crippen LogP contribution < -0.4 is 14.4 Å². The number of benzene rings is 1. The average Bonchev–Trinajstić information content (AvgIpc) is 2.58. The standard InChI is InChI=1S/C16H18F3N3O2/c1-4-9-24-14-11(16(17,18)19)10-20-15(21-14)22(2)12-7-5-6-8-13(12)23-3/h5-8,10H,4,9H2,1-3H3. The van der Waals surface area contributed by atoms with Crippen LogP contribution in [0.4, 0.5) is 24.8 Å². The zero-order valence-corrected chi connectivity index (χ0v) is 13.6. The highest BCUT2D eigenvalue weighted by molar-refractivity contribution is 5.64. The van der Waals surface area contributed by atoms with Gasteiger partial charge in [0, 0.05) is 13.2 Å². The molecule has 0 atom stereocenters. The first-order valence-electron chi connectivity index (χ1n) is 7.32. The molecule has 0 saturated carbocycles. The molecule has 1 heterocycles. The number of rotatable bonds is 6. The molecule has 1 aromatic carbocycles. The molecule has 2 aromatic rings. The van der Waals surface area contributed by atoms with Crippen molar-refractivity contribution in [3.63, 3.8) is 0 Å². The van der Waals surface area contributed by atoms with E-state index in [9.17, 15) is 13.2 Å². The molecule has 130 valence electrons. The van der Waals surface area contributed by atoms with Gasteiger partial charge in [-0.15, -0.1) is 0 Å². The fraction of sp³-hybridized carbons (Fsp3) is 0.375. The fourth-order valence-corrected chi connectivity index (χ4v) is 2.04. The van der Waals surface area contributed by atoms with Crippen LogP contribution in [0.1, 0.15) is 18.9 Å². The Hall–Kier alpha value is -2.51. The van der Waals surface area contributed by atoms with Gasteiger partial charge in [-0.1, -0.05) is 19.1 Å². The molecule has 0 bridgehead atoms. The van der Waals surface area contributed by atoms with Crippen LogP contribution in [0.2, 0.25) is 0 Å². The van der Waals surface area contributed by atoms with Crippen molar-refractivity contribution in [2.45, 2.75) is 19.5 Å². The van der Waals surface area contributed by atoms with Crippen molar-refractivity contribution >= 4 is 11.6 Å². The molecule has 0 aliphatic heterocycles. The van der Waals surface area contributed by atoms with Crippen molar-refractivity contribution in [1.82, 2.24) is 9.97 Å². The van der Waals surface area contributed by atoms with Gasteiger partial charge in [0.05, 0.1) is 19.4 Å². The predicted molar refractivity (Wildman–Crippen MR) is 83.9 cm³/mol. The van der Waals surface area contributed by atoms with Crippen LogP contribution in [0.15, 0.2) is 30.5 Å². The number of ether oxygens (including phenoxy) is 2. The number of alkyl halides is 3. The first-order valence-corrected chi connectivity index (χ1v) is 7.32. The van der Waals surface area contributed by atoms with Gasteiger partial charge in [-0.3, -0.25) is 0 Å². The monoisotopic (exact) mass is 341 g/mol. The van der Waals surface area contributed by atoms with Gasteiger partial charge in [-0.05, 0) is 18.6 Å². The minimum Gasteiger partial charge on any atom is -0.495 e. The van der Waals surface area contributed by atoms with Crippen LogP contribution in [-0.2, 0) is 6.18 Å². The normalized spacial score (nSPS) is 11.2. The second-order valence-corrected chi connectivity index (χ2v) is 4.97. The largest absolute Gasteiger partial charge is 0.495 e. The quantitative estimate of drug-likeness (QED) is 0.793. The van der Waals surface area contributed by atoms with Crippen molar-refractivity contribution in [3.8, 4) is 11.6 Å². The highest BCUT2D eigenvalue weighted by atomic mass is 19.4. The molecule has 0 saturated heterocycles. The Balaban J connectivity index is 2.43. The first kappa shape index (κ1) is 17.8. The zero-order valence-electron chi connectivity index (χ0n) is 13.6. The summed E-state index contributed by atoms with van der Waals surface area (Å²) < 4.78 is 49.6. The lowest BCUT2D eigenvalue weighted by molar-refractivity contribution is -0.139. The molecule has 8 heteroatoms. The second-order valence-electron chi connectivity index (χ2n) is 4.97. The summed E-state index contributed by atoms with van der Waals surface area (Å²) in [7, 11) is 3.15. The Bertz CT molecular complexity index is 693. The summed E-state index contributed by atoms with van der Waals surface area (Å²) >= 11 is 0. The highest BCUT2D eigenvalue weighted by Crippen LogP contribution is 2.37. The summed E-state index contributed by atoms with van der Waals surface area (Å²) in [5, 5.41) is 0. The summed E-state index contributed by atoms with van der Waals surface area (Å²) in [5.41, 5.74) is -0.366. The van der Waals surface area contributed by atoms with Gasteiger partial charge < -0.3 is 14.4 Å². The summed E-state index contributed by atoms with van der Waals surface area (Å²) in [4.78, 5) is 9.31. The number of aromatic nitrogens is 2. The van der Waals surface area contributed by atoms with E-state index in [0.717, 1.165) is 6.20 Å². The molecule has 0 fully saturated rings. The maximum atomic E-state index is 13.1. The maximum absolute atomic E-state index is 13.1. The van der Waals surface area contributed by atoms with E-state index in [-0.39, 0.29) is 12.6 Å². The number of para-hydroxylation sites is 2. The van der Waals surface area contributed by atoms with Gasteiger partial charge in [-0.2, -0.15) is 18.2 Å². The third-order valence-electron chi connectivity index (χ3n) is 3.24. The van der Waals surface area contributed by atoms with E-state index >= 15 is 0 Å². The van der Waals surface area contributed by atoms with Crippen molar-refractivity contribution in [2.24, 2.45) is 0 Å². The van der Waals surface area contributed by atoms with E-state index in [1.54, 1.807) is 38.2 Å². The fourth-order valence-electron chi connectivity index (χ4n) is 2.04. The second kappa shape index (κ2) is 7.37. The zero-order chi connectivity index (χ0) is 17.7. The number of hydrogen-bond acceptors (Lipinski definition) is 5. The smallest absolute Gasteiger partial charge is 0.423 e. The lowest BCUT2D eigenvalue weighted by Gasteiger charge is -2.21. The maximum Gasteiger partial charge on any atom is 0.423 e. The Morgan fingerprint density at radius 3 is 2.54 bits per heavy atom. The Morgan fingerprint density at radius 1 is 1.21 bits per heavy atom. The number of halogens is 3. The van der Waals surface area contributed by atoms with Crippen LogP contribution in [0.5, 0.6) is 11.6 Å². The minimum atomic E-state index is -4.58. The van der Waals surface area contributed by atoms with E-state index in [0.29, 0.717) is 17.9 Å². The number of hydrogen-bond donors (Lipinski definition) is 0. The lowest BCUT2D eigenvalue weighted by atomic mass is 10.2. The average molecular weight is 341 g/mol. The molecule has 0 unspecified atom stereocenters. The summed E-state index contributed by atoms with van der Waals surface area (Å²) in [5.74, 6) is 0.161. The van der Waals surface area contributed by atoms with Gasteiger partial charge in [0.15, 0.2) is 0 Å². The molecule has 5 nitrogen and oxygen atoms in total. The SMILES string of the molecule is CCCOc1nc(N(C)c2ccccc2OC)ncc1C(F)(F)F. The van der Waals surface area contributed by atoms with Gasteiger partial charge in [-0.25, -0.2) is 4.98 Å². The Kier molecular flexibility index (Phi) is 5.48. The number of anilines is 2. The van der Waals surface area contributed by atoms with E-state index in [1.165, 1.54) is 12.0 Å². The molecule has 24 heavy (non-hydrogen) atoms. The highest BCUT2D eigenvalue weighted by Gasteiger charge is 2.36. The van der Waals surface area contributed by atoms with E-state index < -0.39 is 17.6 Å². The molecular formula is C16H18F3N3O2. The van der Waals surface area contributed by atoms with E-state index in [4.69, 9.17) is 9.47 Å². The molecule has 0 spiro atoms. The third-order valence-corrected chi connectivity index (χ3v) is 3.24. The van der Waals surface area contributed by atoms with Crippen molar-refractivity contribution in [2.75, 3.05) is 25.7 Å². The molecule has 0 aliphatic rings. The molecule has 0 aliphatic carbocycles. The van der Waals surface area contributed by atoms with Crippen LogP contribution in [0, 0.1) is 0 Å². The van der Waals surface area contributed by atoms with Crippen LogP contribution in [-0.4, -0.2) is 30.7 Å². The predicted octanol–water partition coefficient (Wildman–Crippen LogP) is 4.06. The first-order chi connectivity index (χ1) is 11.4. The third kappa shape index (κ3) is 3.87.